The maximum atomic E-state index is 12.7. The summed E-state index contributed by atoms with van der Waals surface area (Å²) < 4.78 is 28.6. The first-order valence-corrected chi connectivity index (χ1v) is 14.8. The molecule has 0 aliphatic carbocycles. The average Bonchev–Trinajstić information content (AvgIpc) is 3.57. The third-order valence-electron chi connectivity index (χ3n) is 5.88. The molecule has 3 heterocycles. The highest BCUT2D eigenvalue weighted by Crippen LogP contribution is 2.25. The van der Waals surface area contributed by atoms with E-state index in [0.717, 1.165) is 54.8 Å². The SMILES string of the molecule is CCCNc1nc(SCCC)nc2c1cnn2CCNC(=O)c1ccc(S(=O)(=O)N2CCCC2)cc1. The van der Waals surface area contributed by atoms with E-state index in [4.69, 9.17) is 4.98 Å². The van der Waals surface area contributed by atoms with Gasteiger partial charge in [-0.25, -0.2) is 23.1 Å². The van der Waals surface area contributed by atoms with Gasteiger partial charge in [0.1, 0.15) is 5.82 Å². The molecule has 36 heavy (non-hydrogen) atoms. The Labute approximate surface area is 216 Å². The third kappa shape index (κ3) is 5.98. The van der Waals surface area contributed by atoms with Crippen LogP contribution in [0.1, 0.15) is 49.9 Å². The molecule has 2 aromatic heterocycles. The predicted molar refractivity (Wildman–Crippen MR) is 142 cm³/mol. The number of benzene rings is 1. The first-order chi connectivity index (χ1) is 17.4. The molecular formula is C24H33N7O3S2. The standard InChI is InChI=1S/C24H33N7O3S2/c1-3-11-25-21-20-17-27-31(22(20)29-24(28-21)35-16-4-2)15-12-26-23(32)18-7-9-19(10-8-18)36(33,34)30-13-5-6-14-30/h7-10,17H,3-6,11-16H2,1-2H3,(H,26,32)(H,25,28,29). The highest BCUT2D eigenvalue weighted by Gasteiger charge is 2.27. The van der Waals surface area contributed by atoms with Crippen LogP contribution in [0, 0.1) is 0 Å². The van der Waals surface area contributed by atoms with Crippen molar-refractivity contribution < 1.29 is 13.2 Å². The lowest BCUT2D eigenvalue weighted by molar-refractivity contribution is 0.0952. The molecule has 3 aromatic rings. The van der Waals surface area contributed by atoms with Gasteiger partial charge >= 0.3 is 0 Å². The number of thioether (sulfide) groups is 1. The molecule has 0 atom stereocenters. The van der Waals surface area contributed by atoms with Gasteiger partial charge in [0.15, 0.2) is 10.8 Å². The number of hydrogen-bond acceptors (Lipinski definition) is 8. The predicted octanol–water partition coefficient (Wildman–Crippen LogP) is 3.36. The minimum Gasteiger partial charge on any atom is -0.369 e. The Morgan fingerprint density at radius 3 is 2.50 bits per heavy atom. The number of amides is 1. The molecule has 12 heteroatoms. The third-order valence-corrected chi connectivity index (χ3v) is 8.85. The lowest BCUT2D eigenvalue weighted by Crippen LogP contribution is -2.29. The molecule has 10 nitrogen and oxygen atoms in total. The molecule has 4 rings (SSSR count). The number of fused-ring (bicyclic) bond motifs is 1. The molecule has 0 spiro atoms. The first kappa shape index (κ1) is 26.4. The fourth-order valence-electron chi connectivity index (χ4n) is 3.97. The number of anilines is 1. The summed E-state index contributed by atoms with van der Waals surface area (Å²) in [5.41, 5.74) is 1.14. The molecule has 1 aromatic carbocycles. The van der Waals surface area contributed by atoms with Crippen LogP contribution >= 0.6 is 11.8 Å². The molecule has 1 aliphatic rings. The zero-order chi connectivity index (χ0) is 25.5. The highest BCUT2D eigenvalue weighted by atomic mass is 32.2. The molecule has 1 amide bonds. The number of nitrogens with one attached hydrogen (secondary N) is 2. The quantitative estimate of drug-likeness (QED) is 0.269. The van der Waals surface area contributed by atoms with Gasteiger partial charge in [0.05, 0.1) is 23.0 Å². The van der Waals surface area contributed by atoms with Gasteiger partial charge in [-0.2, -0.15) is 9.40 Å². The van der Waals surface area contributed by atoms with Gasteiger partial charge in [0, 0.05) is 37.5 Å². The molecular weight excluding hydrogens is 498 g/mol. The molecule has 0 unspecified atom stereocenters. The largest absolute Gasteiger partial charge is 0.369 e. The molecule has 0 bridgehead atoms. The Morgan fingerprint density at radius 1 is 1.06 bits per heavy atom. The Balaban J connectivity index is 1.41. The second kappa shape index (κ2) is 12.0. The lowest BCUT2D eigenvalue weighted by atomic mass is 10.2. The molecule has 0 saturated carbocycles. The molecule has 0 radical (unpaired) electrons. The van der Waals surface area contributed by atoms with E-state index in [1.807, 2.05) is 0 Å². The van der Waals surface area contributed by atoms with E-state index in [0.29, 0.717) is 36.9 Å². The second-order valence-corrected chi connectivity index (χ2v) is 11.6. The summed E-state index contributed by atoms with van der Waals surface area (Å²) in [5.74, 6) is 1.44. The van der Waals surface area contributed by atoms with Crippen LogP contribution in [0.5, 0.6) is 0 Å². The van der Waals surface area contributed by atoms with Gasteiger partial charge in [-0.15, -0.1) is 0 Å². The van der Waals surface area contributed by atoms with Crippen LogP contribution in [-0.2, 0) is 16.6 Å². The molecule has 2 N–H and O–H groups in total. The van der Waals surface area contributed by atoms with Gasteiger partial charge in [-0.3, -0.25) is 4.79 Å². The van der Waals surface area contributed by atoms with Gasteiger partial charge < -0.3 is 10.6 Å². The summed E-state index contributed by atoms with van der Waals surface area (Å²) in [7, 11) is -3.50. The monoisotopic (exact) mass is 531 g/mol. The van der Waals surface area contributed by atoms with Gasteiger partial charge in [0.25, 0.3) is 5.91 Å². The van der Waals surface area contributed by atoms with Crippen molar-refractivity contribution in [3.05, 3.63) is 36.0 Å². The number of hydrogen-bond donors (Lipinski definition) is 2. The van der Waals surface area contributed by atoms with Crippen molar-refractivity contribution in [1.29, 1.82) is 0 Å². The van der Waals surface area contributed by atoms with Crippen LogP contribution in [-0.4, -0.2) is 70.3 Å². The van der Waals surface area contributed by atoms with Crippen molar-refractivity contribution >= 4 is 44.5 Å². The number of carbonyl (C=O) groups excluding carboxylic acids is 1. The van der Waals surface area contributed by atoms with E-state index < -0.39 is 10.0 Å². The minimum absolute atomic E-state index is 0.216. The topological polar surface area (TPSA) is 122 Å². The molecule has 194 valence electrons. The van der Waals surface area contributed by atoms with Crippen molar-refractivity contribution in [2.24, 2.45) is 0 Å². The normalized spacial score (nSPS) is 14.4. The summed E-state index contributed by atoms with van der Waals surface area (Å²) >= 11 is 1.61. The van der Waals surface area contributed by atoms with Crippen molar-refractivity contribution in [1.82, 2.24) is 29.4 Å². The van der Waals surface area contributed by atoms with E-state index >= 15 is 0 Å². The smallest absolute Gasteiger partial charge is 0.251 e. The number of sulfonamides is 1. The Hall–Kier alpha value is -2.70. The maximum absolute atomic E-state index is 12.7. The van der Waals surface area contributed by atoms with E-state index in [1.165, 1.54) is 16.4 Å². The summed E-state index contributed by atoms with van der Waals surface area (Å²) in [4.78, 5) is 22.2. The maximum Gasteiger partial charge on any atom is 0.251 e. The van der Waals surface area contributed by atoms with Gasteiger partial charge in [-0.05, 0) is 49.9 Å². The van der Waals surface area contributed by atoms with E-state index in [2.05, 4.69) is 34.6 Å². The molecule has 1 fully saturated rings. The van der Waals surface area contributed by atoms with Crippen LogP contribution in [0.4, 0.5) is 5.82 Å². The van der Waals surface area contributed by atoms with Crippen LogP contribution < -0.4 is 10.6 Å². The van der Waals surface area contributed by atoms with Crippen molar-refractivity contribution in [2.75, 3.05) is 37.2 Å². The Kier molecular flexibility index (Phi) is 8.81. The molecule has 1 saturated heterocycles. The average molecular weight is 532 g/mol. The fraction of sp³-hybridized carbons (Fsp3) is 0.500. The lowest BCUT2D eigenvalue weighted by Gasteiger charge is -2.15. The second-order valence-electron chi connectivity index (χ2n) is 8.63. The number of aromatic nitrogens is 4. The van der Waals surface area contributed by atoms with E-state index in [-0.39, 0.29) is 10.8 Å². The molecule has 1 aliphatic heterocycles. The van der Waals surface area contributed by atoms with Crippen molar-refractivity contribution in [2.45, 2.75) is 56.1 Å². The Bertz CT molecular complexity index is 1290. The number of rotatable bonds is 12. The van der Waals surface area contributed by atoms with Crippen LogP contribution in [0.2, 0.25) is 0 Å². The summed E-state index contributed by atoms with van der Waals surface area (Å²) in [5, 5.41) is 12.3. The summed E-state index contributed by atoms with van der Waals surface area (Å²) in [6.07, 6.45) is 5.52. The van der Waals surface area contributed by atoms with Gasteiger partial charge in [0.2, 0.25) is 10.0 Å². The summed E-state index contributed by atoms with van der Waals surface area (Å²) in [6, 6.07) is 6.11. The van der Waals surface area contributed by atoms with E-state index in [9.17, 15) is 13.2 Å². The van der Waals surface area contributed by atoms with Crippen LogP contribution in [0.15, 0.2) is 40.5 Å². The Morgan fingerprint density at radius 2 is 1.81 bits per heavy atom. The zero-order valence-corrected chi connectivity index (χ0v) is 22.4. The van der Waals surface area contributed by atoms with E-state index in [1.54, 1.807) is 34.8 Å². The van der Waals surface area contributed by atoms with Crippen LogP contribution in [0.25, 0.3) is 11.0 Å². The van der Waals surface area contributed by atoms with Crippen LogP contribution in [0.3, 0.4) is 0 Å². The van der Waals surface area contributed by atoms with Crippen molar-refractivity contribution in [3.63, 3.8) is 0 Å². The van der Waals surface area contributed by atoms with Crippen molar-refractivity contribution in [3.8, 4) is 0 Å². The zero-order valence-electron chi connectivity index (χ0n) is 20.7. The number of carbonyl (C=O) groups is 1. The van der Waals surface area contributed by atoms with Gasteiger partial charge in [-0.1, -0.05) is 25.6 Å². The summed E-state index contributed by atoms with van der Waals surface area (Å²) in [6.45, 7) is 6.92. The highest BCUT2D eigenvalue weighted by molar-refractivity contribution is 7.99. The number of nitrogens with zero attached hydrogens (tertiary/aromatic N) is 5. The minimum atomic E-state index is -3.50. The fourth-order valence-corrected chi connectivity index (χ4v) is 6.18. The first-order valence-electron chi connectivity index (χ1n) is 12.4.